The Morgan fingerprint density at radius 3 is 2.65 bits per heavy atom. The van der Waals surface area contributed by atoms with E-state index in [2.05, 4.69) is 57.6 Å². The lowest BCUT2D eigenvalue weighted by Gasteiger charge is -2.43. The molecule has 5 rings (SSSR count). The van der Waals surface area contributed by atoms with Crippen LogP contribution >= 0.6 is 15.9 Å². The van der Waals surface area contributed by atoms with Crippen molar-refractivity contribution in [1.82, 2.24) is 0 Å². The molecule has 2 saturated carbocycles. The molecule has 26 heavy (non-hydrogen) atoms. The molecule has 0 aromatic heterocycles. The molecule has 1 heterocycles. The maximum Gasteiger partial charge on any atom is 0.337 e. The van der Waals surface area contributed by atoms with Gasteiger partial charge in [0.1, 0.15) is 0 Å². The van der Waals surface area contributed by atoms with E-state index >= 15 is 0 Å². The van der Waals surface area contributed by atoms with Gasteiger partial charge in [0.2, 0.25) is 0 Å². The summed E-state index contributed by atoms with van der Waals surface area (Å²) in [5, 5.41) is 3.81. The first-order valence-corrected chi connectivity index (χ1v) is 10.2. The summed E-state index contributed by atoms with van der Waals surface area (Å²) in [5.41, 5.74) is 4.52. The summed E-state index contributed by atoms with van der Waals surface area (Å²) in [7, 11) is 1.45. The molecule has 2 aromatic carbocycles. The Hall–Kier alpha value is -1.81. The monoisotopic (exact) mass is 411 g/mol. The molecule has 0 saturated heterocycles. The second-order valence-electron chi connectivity index (χ2n) is 7.90. The lowest BCUT2D eigenvalue weighted by molar-refractivity contribution is 0.0600. The van der Waals surface area contributed by atoms with Gasteiger partial charge in [0, 0.05) is 10.2 Å². The molecule has 0 radical (unpaired) electrons. The number of fused-ring (bicyclic) bond motifs is 7. The third kappa shape index (κ3) is 2.42. The number of ether oxygens (including phenoxy) is 1. The van der Waals surface area contributed by atoms with Crippen molar-refractivity contribution in [1.29, 1.82) is 0 Å². The first-order valence-electron chi connectivity index (χ1n) is 9.40. The first kappa shape index (κ1) is 16.4. The van der Waals surface area contributed by atoms with Gasteiger partial charge < -0.3 is 10.1 Å². The fraction of sp³-hybridized carbons (Fsp3) is 0.409. The van der Waals surface area contributed by atoms with Gasteiger partial charge in [-0.05, 0) is 84.4 Å². The fourth-order valence-electron chi connectivity index (χ4n) is 5.73. The third-order valence-electron chi connectivity index (χ3n) is 6.74. The van der Waals surface area contributed by atoms with E-state index in [9.17, 15) is 4.79 Å². The van der Waals surface area contributed by atoms with Crippen LogP contribution in [0.5, 0.6) is 0 Å². The average molecular weight is 412 g/mol. The zero-order chi connectivity index (χ0) is 17.8. The number of hydrogen-bond donors (Lipinski definition) is 1. The van der Waals surface area contributed by atoms with Crippen LogP contribution in [0, 0.1) is 17.8 Å². The van der Waals surface area contributed by atoms with Gasteiger partial charge in [-0.15, -0.1) is 0 Å². The quantitative estimate of drug-likeness (QED) is 0.659. The van der Waals surface area contributed by atoms with Crippen molar-refractivity contribution in [2.24, 2.45) is 17.8 Å². The normalized spacial score (nSPS) is 31.1. The molecule has 2 aliphatic carbocycles. The Morgan fingerprint density at radius 2 is 1.88 bits per heavy atom. The fourth-order valence-corrected chi connectivity index (χ4v) is 6.00. The number of esters is 1. The summed E-state index contributed by atoms with van der Waals surface area (Å²) in [6, 6.07) is 15.1. The number of carbonyl (C=O) groups is 1. The molecule has 5 atom stereocenters. The summed E-state index contributed by atoms with van der Waals surface area (Å²) in [6.07, 6.45) is 3.99. The first-order chi connectivity index (χ1) is 12.7. The number of benzene rings is 2. The summed E-state index contributed by atoms with van der Waals surface area (Å²) >= 11 is 3.55. The van der Waals surface area contributed by atoms with Crippen LogP contribution in [0.25, 0.3) is 0 Å². The van der Waals surface area contributed by atoms with Crippen LogP contribution in [0.15, 0.2) is 46.9 Å². The molecule has 1 N–H and O–H groups in total. The Labute approximate surface area is 162 Å². The summed E-state index contributed by atoms with van der Waals surface area (Å²) in [5.74, 6) is 2.43. The number of anilines is 1. The van der Waals surface area contributed by atoms with E-state index in [1.54, 1.807) is 0 Å². The Balaban J connectivity index is 1.60. The van der Waals surface area contributed by atoms with E-state index in [0.717, 1.165) is 16.3 Å². The maximum atomic E-state index is 12.0. The molecule has 3 aliphatic rings. The standard InChI is InChI=1S/C22H22BrNO2/c1-26-22(25)15-6-9-18-17(11-15)19-13-2-3-14(10-13)20(19)21(24-18)12-4-7-16(23)8-5-12/h4-9,11,13-14,19-21,24H,2-3,10H2,1H3/t13-,14-,19-,20-,21-/m0/s1. The Morgan fingerprint density at radius 1 is 1.12 bits per heavy atom. The van der Waals surface area contributed by atoms with Gasteiger partial charge in [0.05, 0.1) is 18.7 Å². The highest BCUT2D eigenvalue weighted by molar-refractivity contribution is 9.10. The summed E-state index contributed by atoms with van der Waals surface area (Å²) < 4.78 is 6.05. The van der Waals surface area contributed by atoms with Gasteiger partial charge in [-0.25, -0.2) is 4.79 Å². The predicted octanol–water partition coefficient (Wildman–Crippen LogP) is 5.53. The maximum absolute atomic E-state index is 12.0. The average Bonchev–Trinajstić information content (AvgIpc) is 3.29. The number of methoxy groups -OCH3 is 1. The van der Waals surface area contributed by atoms with Gasteiger partial charge in [-0.3, -0.25) is 0 Å². The van der Waals surface area contributed by atoms with Gasteiger partial charge in [0.25, 0.3) is 0 Å². The highest BCUT2D eigenvalue weighted by atomic mass is 79.9. The number of halogens is 1. The SMILES string of the molecule is COC(=O)c1ccc2c(c1)[C@@H]1[C@H]3CC[C@@H](C3)[C@@H]1[C@H](c1ccc(Br)cc1)N2. The summed E-state index contributed by atoms with van der Waals surface area (Å²) in [4.78, 5) is 12.0. The Kier molecular flexibility index (Phi) is 3.85. The predicted molar refractivity (Wildman–Crippen MR) is 105 cm³/mol. The van der Waals surface area contributed by atoms with Crippen molar-refractivity contribution in [2.75, 3.05) is 12.4 Å². The van der Waals surface area contributed by atoms with Crippen LogP contribution in [0.2, 0.25) is 0 Å². The van der Waals surface area contributed by atoms with Crippen molar-refractivity contribution < 1.29 is 9.53 Å². The third-order valence-corrected chi connectivity index (χ3v) is 7.27. The minimum atomic E-state index is -0.248. The highest BCUT2D eigenvalue weighted by Gasteiger charge is 2.53. The smallest absolute Gasteiger partial charge is 0.337 e. The van der Waals surface area contributed by atoms with Crippen LogP contribution in [0.3, 0.4) is 0 Å². The van der Waals surface area contributed by atoms with Crippen molar-refractivity contribution >= 4 is 27.6 Å². The zero-order valence-electron chi connectivity index (χ0n) is 14.7. The van der Waals surface area contributed by atoms with Crippen molar-refractivity contribution in [2.45, 2.75) is 31.2 Å². The molecule has 2 fully saturated rings. The largest absolute Gasteiger partial charge is 0.465 e. The highest BCUT2D eigenvalue weighted by Crippen LogP contribution is 2.63. The van der Waals surface area contributed by atoms with E-state index in [4.69, 9.17) is 4.74 Å². The minimum Gasteiger partial charge on any atom is -0.465 e. The van der Waals surface area contributed by atoms with Crippen molar-refractivity contribution in [3.05, 3.63) is 63.6 Å². The van der Waals surface area contributed by atoms with Crippen LogP contribution in [-0.4, -0.2) is 13.1 Å². The molecular formula is C22H22BrNO2. The molecule has 4 heteroatoms. The molecule has 3 nitrogen and oxygen atoms in total. The van der Waals surface area contributed by atoms with Gasteiger partial charge in [-0.1, -0.05) is 28.1 Å². The van der Waals surface area contributed by atoms with E-state index < -0.39 is 0 Å². The molecule has 0 amide bonds. The lowest BCUT2D eigenvalue weighted by atomic mass is 9.68. The minimum absolute atomic E-state index is 0.248. The van der Waals surface area contributed by atoms with E-state index in [-0.39, 0.29) is 5.97 Å². The van der Waals surface area contributed by atoms with Crippen LogP contribution in [-0.2, 0) is 4.74 Å². The number of rotatable bonds is 2. The van der Waals surface area contributed by atoms with Crippen LogP contribution in [0.1, 0.15) is 52.7 Å². The number of hydrogen-bond acceptors (Lipinski definition) is 3. The molecule has 1 aliphatic heterocycles. The van der Waals surface area contributed by atoms with Gasteiger partial charge in [-0.2, -0.15) is 0 Å². The lowest BCUT2D eigenvalue weighted by Crippen LogP contribution is -2.35. The van der Waals surface area contributed by atoms with Crippen molar-refractivity contribution in [3.8, 4) is 0 Å². The molecule has 0 unspecified atom stereocenters. The van der Waals surface area contributed by atoms with Crippen LogP contribution < -0.4 is 5.32 Å². The Bertz CT molecular complexity index is 863. The van der Waals surface area contributed by atoms with Gasteiger partial charge >= 0.3 is 5.97 Å². The number of carbonyl (C=O) groups excluding carboxylic acids is 1. The van der Waals surface area contributed by atoms with Gasteiger partial charge in [0.15, 0.2) is 0 Å². The molecule has 134 valence electrons. The van der Waals surface area contributed by atoms with Crippen molar-refractivity contribution in [3.63, 3.8) is 0 Å². The molecular weight excluding hydrogens is 390 g/mol. The molecule has 2 bridgehead atoms. The van der Waals surface area contributed by atoms with Crippen LogP contribution in [0.4, 0.5) is 5.69 Å². The number of nitrogens with one attached hydrogen (secondary N) is 1. The summed E-state index contributed by atoms with van der Waals surface area (Å²) in [6.45, 7) is 0. The molecule has 2 aromatic rings. The second-order valence-corrected chi connectivity index (χ2v) is 8.82. The molecule has 0 spiro atoms. The van der Waals surface area contributed by atoms with E-state index in [0.29, 0.717) is 23.4 Å². The zero-order valence-corrected chi connectivity index (χ0v) is 16.3. The second kappa shape index (κ2) is 6.12. The topological polar surface area (TPSA) is 38.3 Å². The van der Waals surface area contributed by atoms with E-state index in [1.165, 1.54) is 43.2 Å². The van der Waals surface area contributed by atoms with E-state index in [1.807, 2.05) is 6.07 Å².